The summed E-state index contributed by atoms with van der Waals surface area (Å²) in [5.41, 5.74) is 0.892. The first-order valence-corrected chi connectivity index (χ1v) is 7.61. The summed E-state index contributed by atoms with van der Waals surface area (Å²) >= 11 is 0. The molecule has 2 nitrogen and oxygen atoms in total. The Morgan fingerprint density at radius 3 is 2.58 bits per heavy atom. The highest BCUT2D eigenvalue weighted by molar-refractivity contribution is 5.90. The molecule has 2 heteroatoms. The summed E-state index contributed by atoms with van der Waals surface area (Å²) in [5.74, 6) is 0.443. The molecule has 1 aromatic rings. The first-order chi connectivity index (χ1) is 9.25. The van der Waals surface area contributed by atoms with Gasteiger partial charge < -0.3 is 0 Å². The predicted molar refractivity (Wildman–Crippen MR) is 77.0 cm³/mol. The quantitative estimate of drug-likeness (QED) is 0.808. The first kappa shape index (κ1) is 12.9. The van der Waals surface area contributed by atoms with Crippen molar-refractivity contribution < 1.29 is 4.79 Å². The average Bonchev–Trinajstić information content (AvgIpc) is 2.87. The fourth-order valence-corrected chi connectivity index (χ4v) is 4.00. The Morgan fingerprint density at radius 2 is 1.95 bits per heavy atom. The average molecular weight is 257 g/mol. The van der Waals surface area contributed by atoms with E-state index < -0.39 is 0 Å². The second-order valence-corrected chi connectivity index (χ2v) is 6.04. The monoisotopic (exact) mass is 257 g/mol. The Bertz CT molecular complexity index is 456. The predicted octanol–water partition coefficient (Wildman–Crippen LogP) is 3.51. The van der Waals surface area contributed by atoms with Gasteiger partial charge in [-0.1, -0.05) is 36.8 Å². The summed E-state index contributed by atoms with van der Waals surface area (Å²) in [6.45, 7) is 3.35. The third-order valence-electron chi connectivity index (χ3n) is 4.95. The number of likely N-dealkylation sites (tertiary alicyclic amines) is 1. The molecular weight excluding hydrogens is 234 g/mol. The lowest BCUT2D eigenvalue weighted by Gasteiger charge is -2.45. The SMILES string of the molecule is CC1CCCN1C1(c2ccccc2)CCCCC1=O. The van der Waals surface area contributed by atoms with Crippen LogP contribution < -0.4 is 0 Å². The van der Waals surface area contributed by atoms with Crippen LogP contribution in [0.15, 0.2) is 30.3 Å². The molecule has 0 bridgehead atoms. The van der Waals surface area contributed by atoms with Crippen LogP contribution in [0.2, 0.25) is 0 Å². The number of ketones is 1. The Balaban J connectivity index is 2.07. The third-order valence-corrected chi connectivity index (χ3v) is 4.95. The molecule has 0 spiro atoms. The van der Waals surface area contributed by atoms with E-state index in [-0.39, 0.29) is 5.54 Å². The highest BCUT2D eigenvalue weighted by Gasteiger charge is 2.48. The van der Waals surface area contributed by atoms with Crippen molar-refractivity contribution in [1.29, 1.82) is 0 Å². The number of carbonyl (C=O) groups is 1. The van der Waals surface area contributed by atoms with Gasteiger partial charge in [0.15, 0.2) is 5.78 Å². The summed E-state index contributed by atoms with van der Waals surface area (Å²) in [6.07, 6.45) is 6.43. The molecule has 0 aromatic heterocycles. The maximum absolute atomic E-state index is 12.8. The van der Waals surface area contributed by atoms with E-state index in [1.165, 1.54) is 24.8 Å². The molecule has 1 aliphatic carbocycles. The van der Waals surface area contributed by atoms with Crippen molar-refractivity contribution in [3.63, 3.8) is 0 Å². The van der Waals surface area contributed by atoms with Gasteiger partial charge in [0.1, 0.15) is 5.54 Å². The van der Waals surface area contributed by atoms with E-state index in [2.05, 4.69) is 36.1 Å². The van der Waals surface area contributed by atoms with Crippen LogP contribution in [0.5, 0.6) is 0 Å². The molecule has 2 atom stereocenters. The van der Waals surface area contributed by atoms with E-state index in [9.17, 15) is 4.79 Å². The molecule has 2 unspecified atom stereocenters. The maximum Gasteiger partial charge on any atom is 0.157 e. The molecule has 1 aromatic carbocycles. The van der Waals surface area contributed by atoms with Crippen molar-refractivity contribution in [2.75, 3.05) is 6.54 Å². The van der Waals surface area contributed by atoms with Crippen LogP contribution in [-0.4, -0.2) is 23.3 Å². The lowest BCUT2D eigenvalue weighted by molar-refractivity contribution is -0.136. The van der Waals surface area contributed by atoms with Crippen LogP contribution in [0.4, 0.5) is 0 Å². The van der Waals surface area contributed by atoms with Gasteiger partial charge in [0, 0.05) is 12.5 Å². The Kier molecular flexibility index (Phi) is 3.44. The first-order valence-electron chi connectivity index (χ1n) is 7.61. The Morgan fingerprint density at radius 1 is 1.16 bits per heavy atom. The van der Waals surface area contributed by atoms with E-state index in [1.807, 2.05) is 6.07 Å². The Hall–Kier alpha value is -1.15. The van der Waals surface area contributed by atoms with Crippen LogP contribution in [0.25, 0.3) is 0 Å². The van der Waals surface area contributed by atoms with Crippen molar-refractivity contribution in [2.24, 2.45) is 0 Å². The van der Waals surface area contributed by atoms with Crippen LogP contribution in [0, 0.1) is 0 Å². The van der Waals surface area contributed by atoms with Crippen molar-refractivity contribution in [2.45, 2.75) is 57.0 Å². The van der Waals surface area contributed by atoms with Crippen LogP contribution in [0.3, 0.4) is 0 Å². The number of hydrogen-bond acceptors (Lipinski definition) is 2. The highest BCUT2D eigenvalue weighted by Crippen LogP contribution is 2.43. The summed E-state index contributed by atoms with van der Waals surface area (Å²) in [5, 5.41) is 0. The van der Waals surface area contributed by atoms with Gasteiger partial charge in [-0.05, 0) is 44.7 Å². The maximum atomic E-state index is 12.8. The molecule has 1 heterocycles. The van der Waals surface area contributed by atoms with E-state index in [1.54, 1.807) is 0 Å². The lowest BCUT2D eigenvalue weighted by Crippen LogP contribution is -2.54. The van der Waals surface area contributed by atoms with Gasteiger partial charge in [-0.3, -0.25) is 9.69 Å². The van der Waals surface area contributed by atoms with Gasteiger partial charge in [-0.15, -0.1) is 0 Å². The minimum absolute atomic E-state index is 0.324. The fourth-order valence-electron chi connectivity index (χ4n) is 4.00. The van der Waals surface area contributed by atoms with Gasteiger partial charge in [0.2, 0.25) is 0 Å². The zero-order valence-electron chi connectivity index (χ0n) is 11.8. The number of rotatable bonds is 2. The molecule has 1 saturated carbocycles. The normalized spacial score (nSPS) is 32.7. The number of carbonyl (C=O) groups excluding carboxylic acids is 1. The van der Waals surface area contributed by atoms with Crippen molar-refractivity contribution >= 4 is 5.78 Å². The molecule has 2 fully saturated rings. The largest absolute Gasteiger partial charge is 0.297 e. The Labute approximate surface area is 115 Å². The minimum atomic E-state index is -0.324. The summed E-state index contributed by atoms with van der Waals surface area (Å²) in [7, 11) is 0. The van der Waals surface area contributed by atoms with E-state index >= 15 is 0 Å². The highest BCUT2D eigenvalue weighted by atomic mass is 16.1. The molecule has 0 N–H and O–H groups in total. The van der Waals surface area contributed by atoms with Gasteiger partial charge in [0.25, 0.3) is 0 Å². The van der Waals surface area contributed by atoms with E-state index in [4.69, 9.17) is 0 Å². The van der Waals surface area contributed by atoms with Crippen molar-refractivity contribution in [3.8, 4) is 0 Å². The number of hydrogen-bond donors (Lipinski definition) is 0. The number of Topliss-reactive ketones (excluding diaryl/α,β-unsaturated/α-hetero) is 1. The van der Waals surface area contributed by atoms with Gasteiger partial charge >= 0.3 is 0 Å². The van der Waals surface area contributed by atoms with Crippen molar-refractivity contribution in [1.82, 2.24) is 4.90 Å². The number of nitrogens with zero attached hydrogens (tertiary/aromatic N) is 1. The van der Waals surface area contributed by atoms with Gasteiger partial charge in [0.05, 0.1) is 0 Å². The molecule has 2 aliphatic rings. The fraction of sp³-hybridized carbons (Fsp3) is 0.588. The van der Waals surface area contributed by atoms with E-state index in [0.29, 0.717) is 11.8 Å². The molecule has 0 radical (unpaired) electrons. The summed E-state index contributed by atoms with van der Waals surface area (Å²) in [6, 6.07) is 11.0. The molecule has 3 rings (SSSR count). The molecule has 0 amide bonds. The van der Waals surface area contributed by atoms with Crippen molar-refractivity contribution in [3.05, 3.63) is 35.9 Å². The zero-order valence-corrected chi connectivity index (χ0v) is 11.8. The topological polar surface area (TPSA) is 20.3 Å². The van der Waals surface area contributed by atoms with Crippen LogP contribution >= 0.6 is 0 Å². The molecule has 1 aliphatic heterocycles. The minimum Gasteiger partial charge on any atom is -0.297 e. The smallest absolute Gasteiger partial charge is 0.157 e. The van der Waals surface area contributed by atoms with Gasteiger partial charge in [-0.25, -0.2) is 0 Å². The lowest BCUT2D eigenvalue weighted by atomic mass is 9.74. The molecule has 1 saturated heterocycles. The van der Waals surface area contributed by atoms with Crippen LogP contribution in [-0.2, 0) is 10.3 Å². The zero-order chi connectivity index (χ0) is 13.3. The standard InChI is InChI=1S/C17H23NO/c1-14-8-7-13-18(14)17(12-6-5-11-16(17)19)15-9-3-2-4-10-15/h2-4,9-10,14H,5-8,11-13H2,1H3. The summed E-state index contributed by atoms with van der Waals surface area (Å²) in [4.78, 5) is 15.3. The molecule has 19 heavy (non-hydrogen) atoms. The number of benzene rings is 1. The summed E-state index contributed by atoms with van der Waals surface area (Å²) < 4.78 is 0. The van der Waals surface area contributed by atoms with Gasteiger partial charge in [-0.2, -0.15) is 0 Å². The second-order valence-electron chi connectivity index (χ2n) is 6.04. The molecule has 102 valence electrons. The molecular formula is C17H23NO. The van der Waals surface area contributed by atoms with Crippen LogP contribution in [0.1, 0.15) is 51.0 Å². The van der Waals surface area contributed by atoms with E-state index in [0.717, 1.165) is 25.8 Å². The third kappa shape index (κ3) is 2.02. The second kappa shape index (κ2) is 5.09.